The maximum atomic E-state index is 12.5. The highest BCUT2D eigenvalue weighted by Gasteiger charge is 2.25. The third-order valence-electron chi connectivity index (χ3n) is 4.69. The van der Waals surface area contributed by atoms with Gasteiger partial charge in [-0.3, -0.25) is 9.69 Å². The van der Waals surface area contributed by atoms with E-state index in [0.717, 1.165) is 43.9 Å². The lowest BCUT2D eigenvalue weighted by Gasteiger charge is -2.30. The summed E-state index contributed by atoms with van der Waals surface area (Å²) < 4.78 is 6.68. The van der Waals surface area contributed by atoms with E-state index in [4.69, 9.17) is 4.42 Å². The van der Waals surface area contributed by atoms with Gasteiger partial charge >= 0.3 is 0 Å². The molecular formula is C18H20N6O2. The predicted octanol–water partition coefficient (Wildman–Crippen LogP) is 2.11. The van der Waals surface area contributed by atoms with Crippen LogP contribution in [0.3, 0.4) is 0 Å². The largest absolute Gasteiger partial charge is 0.472 e. The van der Waals surface area contributed by atoms with Gasteiger partial charge in [-0.05, 0) is 66.7 Å². The number of rotatable bonds is 5. The maximum absolute atomic E-state index is 12.5. The molecule has 1 aliphatic rings. The van der Waals surface area contributed by atoms with Crippen molar-refractivity contribution < 1.29 is 9.21 Å². The fourth-order valence-electron chi connectivity index (χ4n) is 3.22. The number of nitrogens with one attached hydrogen (secondary N) is 1. The summed E-state index contributed by atoms with van der Waals surface area (Å²) in [4.78, 5) is 14.9. The molecule has 1 fully saturated rings. The van der Waals surface area contributed by atoms with Crippen LogP contribution in [0.25, 0.3) is 5.69 Å². The molecule has 1 aromatic carbocycles. The highest BCUT2D eigenvalue weighted by Crippen LogP contribution is 2.21. The van der Waals surface area contributed by atoms with Crippen molar-refractivity contribution in [2.45, 2.75) is 19.4 Å². The lowest BCUT2D eigenvalue weighted by molar-refractivity contribution is -0.121. The minimum atomic E-state index is 0.0507. The van der Waals surface area contributed by atoms with Gasteiger partial charge in [0, 0.05) is 23.7 Å². The van der Waals surface area contributed by atoms with Crippen molar-refractivity contribution >= 4 is 11.6 Å². The van der Waals surface area contributed by atoms with Crippen molar-refractivity contribution in [1.82, 2.24) is 25.1 Å². The molecule has 3 aromatic rings. The summed E-state index contributed by atoms with van der Waals surface area (Å²) in [6.07, 6.45) is 6.74. The standard InChI is InChI=1S/C18H20N6O2/c25-18(15-5-8-23(9-6-15)11-14-7-10-26-12-14)20-16-1-3-17(4-2-16)24-13-19-21-22-24/h1-4,7,10,12-13,15H,5-6,8-9,11H2,(H,20,25). The Morgan fingerprint density at radius 1 is 1.19 bits per heavy atom. The topological polar surface area (TPSA) is 89.1 Å². The van der Waals surface area contributed by atoms with Gasteiger partial charge in [-0.1, -0.05) is 0 Å². The quantitative estimate of drug-likeness (QED) is 0.756. The zero-order valence-electron chi connectivity index (χ0n) is 14.3. The second kappa shape index (κ2) is 7.49. The smallest absolute Gasteiger partial charge is 0.227 e. The van der Waals surface area contributed by atoms with Crippen LogP contribution in [-0.2, 0) is 11.3 Å². The number of amides is 1. The zero-order valence-corrected chi connectivity index (χ0v) is 14.3. The predicted molar refractivity (Wildman–Crippen MR) is 94.5 cm³/mol. The van der Waals surface area contributed by atoms with Gasteiger partial charge in [0.05, 0.1) is 18.2 Å². The molecule has 1 N–H and O–H groups in total. The lowest BCUT2D eigenvalue weighted by atomic mass is 9.95. The Hall–Kier alpha value is -3.00. The molecule has 0 atom stereocenters. The van der Waals surface area contributed by atoms with E-state index in [0.29, 0.717) is 0 Å². The first kappa shape index (κ1) is 16.5. The van der Waals surface area contributed by atoms with Crippen LogP contribution < -0.4 is 5.32 Å². The Labute approximate surface area is 150 Å². The first-order valence-electron chi connectivity index (χ1n) is 8.65. The molecule has 1 saturated heterocycles. The Kier molecular flexibility index (Phi) is 4.74. The van der Waals surface area contributed by atoms with Crippen LogP contribution in [0.4, 0.5) is 5.69 Å². The van der Waals surface area contributed by atoms with Gasteiger partial charge in [0.15, 0.2) is 0 Å². The van der Waals surface area contributed by atoms with E-state index in [1.54, 1.807) is 17.2 Å². The number of nitrogens with zero attached hydrogens (tertiary/aromatic N) is 5. The van der Waals surface area contributed by atoms with Crippen molar-refractivity contribution in [2.24, 2.45) is 5.92 Å². The highest BCUT2D eigenvalue weighted by atomic mass is 16.3. The Morgan fingerprint density at radius 3 is 2.65 bits per heavy atom. The van der Waals surface area contributed by atoms with E-state index in [9.17, 15) is 4.79 Å². The van der Waals surface area contributed by atoms with Crippen LogP contribution in [-0.4, -0.2) is 44.1 Å². The van der Waals surface area contributed by atoms with Gasteiger partial charge in [-0.2, -0.15) is 0 Å². The van der Waals surface area contributed by atoms with Gasteiger partial charge in [0.2, 0.25) is 5.91 Å². The lowest BCUT2D eigenvalue weighted by Crippen LogP contribution is -2.37. The average Bonchev–Trinajstić information content (AvgIpc) is 3.37. The molecular weight excluding hydrogens is 332 g/mol. The van der Waals surface area contributed by atoms with E-state index in [1.165, 1.54) is 11.9 Å². The van der Waals surface area contributed by atoms with Crippen molar-refractivity contribution in [3.63, 3.8) is 0 Å². The number of aromatic nitrogens is 4. The summed E-state index contributed by atoms with van der Waals surface area (Å²) in [5, 5.41) is 14.1. The summed E-state index contributed by atoms with van der Waals surface area (Å²) in [5.41, 5.74) is 2.81. The number of anilines is 1. The molecule has 0 unspecified atom stereocenters. The number of carbonyl (C=O) groups is 1. The summed E-state index contributed by atoms with van der Waals surface area (Å²) in [7, 11) is 0. The Morgan fingerprint density at radius 2 is 2.00 bits per heavy atom. The average molecular weight is 352 g/mol. The second-order valence-corrected chi connectivity index (χ2v) is 6.47. The number of likely N-dealkylation sites (tertiary alicyclic amines) is 1. The monoisotopic (exact) mass is 352 g/mol. The van der Waals surface area contributed by atoms with Crippen LogP contribution in [0.5, 0.6) is 0 Å². The Bertz CT molecular complexity index is 821. The SMILES string of the molecule is O=C(Nc1ccc(-n2cnnn2)cc1)C1CCN(Cc2ccoc2)CC1. The Balaban J connectivity index is 1.28. The zero-order chi connectivity index (χ0) is 17.8. The van der Waals surface area contributed by atoms with Crippen LogP contribution in [0, 0.1) is 5.92 Å². The molecule has 0 bridgehead atoms. The van der Waals surface area contributed by atoms with Crippen molar-refractivity contribution in [3.05, 3.63) is 54.7 Å². The highest BCUT2D eigenvalue weighted by molar-refractivity contribution is 5.92. The molecule has 8 nitrogen and oxygen atoms in total. The van der Waals surface area contributed by atoms with Crippen molar-refractivity contribution in [1.29, 1.82) is 0 Å². The van der Waals surface area contributed by atoms with E-state index in [2.05, 4.69) is 25.7 Å². The van der Waals surface area contributed by atoms with Crippen LogP contribution >= 0.6 is 0 Å². The fraction of sp³-hybridized carbons (Fsp3) is 0.333. The molecule has 2 aromatic heterocycles. The summed E-state index contributed by atoms with van der Waals surface area (Å²) >= 11 is 0. The van der Waals surface area contributed by atoms with Crippen LogP contribution in [0.2, 0.25) is 0 Å². The molecule has 8 heteroatoms. The molecule has 134 valence electrons. The number of piperidine rings is 1. The number of tetrazole rings is 1. The van der Waals surface area contributed by atoms with Crippen molar-refractivity contribution in [2.75, 3.05) is 18.4 Å². The number of hydrogen-bond acceptors (Lipinski definition) is 6. The minimum Gasteiger partial charge on any atom is -0.472 e. The summed E-state index contributed by atoms with van der Waals surface area (Å²) in [6, 6.07) is 9.46. The van der Waals surface area contributed by atoms with Gasteiger partial charge in [-0.15, -0.1) is 5.10 Å². The fourth-order valence-corrected chi connectivity index (χ4v) is 3.22. The molecule has 1 amide bonds. The molecule has 4 rings (SSSR count). The number of carbonyl (C=O) groups excluding carboxylic acids is 1. The summed E-state index contributed by atoms with van der Waals surface area (Å²) in [6.45, 7) is 2.71. The van der Waals surface area contributed by atoms with E-state index in [1.807, 2.05) is 30.3 Å². The molecule has 0 aliphatic carbocycles. The molecule has 0 spiro atoms. The third-order valence-corrected chi connectivity index (χ3v) is 4.69. The van der Waals surface area contributed by atoms with Crippen molar-refractivity contribution in [3.8, 4) is 5.69 Å². The number of benzene rings is 1. The molecule has 0 saturated carbocycles. The van der Waals surface area contributed by atoms with E-state index in [-0.39, 0.29) is 11.8 Å². The van der Waals surface area contributed by atoms with Crippen LogP contribution in [0.1, 0.15) is 18.4 Å². The summed E-state index contributed by atoms with van der Waals surface area (Å²) in [5.74, 6) is 0.137. The normalized spacial score (nSPS) is 15.8. The molecule has 0 radical (unpaired) electrons. The second-order valence-electron chi connectivity index (χ2n) is 6.47. The minimum absolute atomic E-state index is 0.0507. The first-order chi connectivity index (χ1) is 12.8. The van der Waals surface area contributed by atoms with Gasteiger partial charge < -0.3 is 9.73 Å². The third kappa shape index (κ3) is 3.80. The van der Waals surface area contributed by atoms with E-state index >= 15 is 0 Å². The van der Waals surface area contributed by atoms with Crippen LogP contribution in [0.15, 0.2) is 53.6 Å². The van der Waals surface area contributed by atoms with Gasteiger partial charge in [-0.25, -0.2) is 4.68 Å². The van der Waals surface area contributed by atoms with Gasteiger partial charge in [0.1, 0.15) is 6.33 Å². The molecule has 3 heterocycles. The number of hydrogen-bond donors (Lipinski definition) is 1. The van der Waals surface area contributed by atoms with E-state index < -0.39 is 0 Å². The first-order valence-corrected chi connectivity index (χ1v) is 8.65. The van der Waals surface area contributed by atoms with Gasteiger partial charge in [0.25, 0.3) is 0 Å². The maximum Gasteiger partial charge on any atom is 0.227 e. The number of furan rings is 1. The molecule has 1 aliphatic heterocycles. The molecule has 26 heavy (non-hydrogen) atoms.